The van der Waals surface area contributed by atoms with Gasteiger partial charge in [0.2, 0.25) is 0 Å². The van der Waals surface area contributed by atoms with Crippen LogP contribution in [0, 0.1) is 12.8 Å². The zero-order valence-electron chi connectivity index (χ0n) is 11.1. The van der Waals surface area contributed by atoms with Crippen molar-refractivity contribution in [1.29, 1.82) is 0 Å². The summed E-state index contributed by atoms with van der Waals surface area (Å²) in [7, 11) is -3.78. The van der Waals surface area contributed by atoms with Crippen molar-refractivity contribution in [2.24, 2.45) is 5.92 Å². The number of aryl methyl sites for hydroxylation is 1. The van der Waals surface area contributed by atoms with Crippen molar-refractivity contribution in [3.63, 3.8) is 0 Å². The van der Waals surface area contributed by atoms with Crippen LogP contribution >= 0.6 is 0 Å². The number of hydrogen-bond acceptors (Lipinski definition) is 5. The van der Waals surface area contributed by atoms with E-state index >= 15 is 0 Å². The van der Waals surface area contributed by atoms with Gasteiger partial charge in [-0.1, -0.05) is 17.7 Å². The highest BCUT2D eigenvalue weighted by molar-refractivity contribution is 7.86. The van der Waals surface area contributed by atoms with Crippen molar-refractivity contribution in [2.75, 3.05) is 19.7 Å². The third-order valence-electron chi connectivity index (χ3n) is 3.31. The van der Waals surface area contributed by atoms with Gasteiger partial charge in [-0.05, 0) is 25.5 Å². The first kappa shape index (κ1) is 14.8. The molecule has 1 aromatic carbocycles. The summed E-state index contributed by atoms with van der Waals surface area (Å²) >= 11 is 0. The van der Waals surface area contributed by atoms with Crippen LogP contribution in [-0.2, 0) is 14.3 Å². The Morgan fingerprint density at radius 2 is 2.05 bits per heavy atom. The summed E-state index contributed by atoms with van der Waals surface area (Å²) in [6, 6.07) is 6.38. The van der Waals surface area contributed by atoms with Gasteiger partial charge in [0.05, 0.1) is 11.5 Å². The van der Waals surface area contributed by atoms with Crippen molar-refractivity contribution in [1.82, 2.24) is 4.90 Å². The van der Waals surface area contributed by atoms with Crippen LogP contribution in [0.4, 0.5) is 4.79 Å². The van der Waals surface area contributed by atoms with Crippen molar-refractivity contribution >= 4 is 16.2 Å². The Balaban J connectivity index is 1.93. The first-order valence-electron chi connectivity index (χ1n) is 6.30. The molecule has 1 aromatic rings. The Morgan fingerprint density at radius 3 is 2.60 bits per heavy atom. The number of hydrogen-bond donors (Lipinski definition) is 0. The molecule has 0 bridgehead atoms. The fourth-order valence-corrected chi connectivity index (χ4v) is 3.07. The van der Waals surface area contributed by atoms with Crippen LogP contribution < -0.4 is 5.11 Å². The Bertz CT molecular complexity index is 581. The average molecular weight is 298 g/mol. The smallest absolute Gasteiger partial charge is 0.296 e. The van der Waals surface area contributed by atoms with Crippen molar-refractivity contribution in [2.45, 2.75) is 18.2 Å². The first-order chi connectivity index (χ1) is 9.38. The minimum atomic E-state index is -3.78. The molecule has 0 aliphatic carbocycles. The second kappa shape index (κ2) is 5.80. The second-order valence-electron chi connectivity index (χ2n) is 4.92. The molecule has 1 atom stereocenters. The van der Waals surface area contributed by atoms with Crippen LogP contribution in [-0.4, -0.2) is 39.1 Å². The fourth-order valence-electron chi connectivity index (χ4n) is 2.09. The summed E-state index contributed by atoms with van der Waals surface area (Å²) in [6.07, 6.45) is -0.647. The van der Waals surface area contributed by atoms with Crippen LogP contribution in [0.3, 0.4) is 0 Å². The van der Waals surface area contributed by atoms with Gasteiger partial charge in [-0.2, -0.15) is 8.42 Å². The molecular formula is C13H16NO5S-. The predicted octanol–water partition coefficient (Wildman–Crippen LogP) is 0.366. The molecular weight excluding hydrogens is 282 g/mol. The largest absolute Gasteiger partial charge is 0.530 e. The fraction of sp³-hybridized carbons (Fsp3) is 0.462. The van der Waals surface area contributed by atoms with E-state index in [4.69, 9.17) is 4.18 Å². The Morgan fingerprint density at radius 1 is 1.40 bits per heavy atom. The Labute approximate surface area is 118 Å². The molecule has 1 saturated heterocycles. The normalized spacial score (nSPS) is 19.2. The second-order valence-corrected chi connectivity index (χ2v) is 6.53. The van der Waals surface area contributed by atoms with Gasteiger partial charge in [-0.15, -0.1) is 0 Å². The summed E-state index contributed by atoms with van der Waals surface area (Å²) in [6.45, 7) is 2.47. The lowest BCUT2D eigenvalue weighted by atomic mass is 10.1. The minimum absolute atomic E-state index is 0.0139. The third kappa shape index (κ3) is 3.49. The van der Waals surface area contributed by atoms with E-state index in [9.17, 15) is 18.3 Å². The van der Waals surface area contributed by atoms with Crippen LogP contribution in [0.2, 0.25) is 0 Å². The lowest BCUT2D eigenvalue weighted by Crippen LogP contribution is -2.39. The minimum Gasteiger partial charge on any atom is -0.530 e. The number of benzene rings is 1. The van der Waals surface area contributed by atoms with E-state index in [0.717, 1.165) is 10.5 Å². The SMILES string of the molecule is Cc1ccc(S(=O)(=O)OC[C@@H]2CCN(C(=O)[O-])C2)cc1. The Hall–Kier alpha value is -1.60. The molecule has 0 radical (unpaired) electrons. The number of amides is 1. The number of carbonyl (C=O) groups is 1. The van der Waals surface area contributed by atoms with Crippen molar-refractivity contribution in [3.8, 4) is 0 Å². The van der Waals surface area contributed by atoms with Gasteiger partial charge < -0.3 is 14.8 Å². The van der Waals surface area contributed by atoms with Crippen LogP contribution in [0.1, 0.15) is 12.0 Å². The number of carboxylic acid groups (broad SMARTS) is 1. The molecule has 2 rings (SSSR count). The van der Waals surface area contributed by atoms with Gasteiger partial charge in [0.15, 0.2) is 0 Å². The summed E-state index contributed by atoms with van der Waals surface area (Å²) < 4.78 is 28.9. The molecule has 7 heteroatoms. The predicted molar refractivity (Wildman–Crippen MR) is 69.4 cm³/mol. The standard InChI is InChI=1S/C13H17NO5S/c1-10-2-4-12(5-3-10)20(17,18)19-9-11-6-7-14(8-11)13(15)16/h2-5,11H,6-9H2,1H3,(H,15,16)/p-1/t11-/m1/s1. The van der Waals surface area contributed by atoms with Gasteiger partial charge in [0, 0.05) is 19.0 Å². The van der Waals surface area contributed by atoms with E-state index in [1.165, 1.54) is 12.1 Å². The molecule has 0 spiro atoms. The maximum Gasteiger partial charge on any atom is 0.296 e. The molecule has 1 amide bonds. The van der Waals surface area contributed by atoms with Gasteiger partial charge >= 0.3 is 0 Å². The van der Waals surface area contributed by atoms with E-state index in [1.807, 2.05) is 6.92 Å². The molecule has 1 aliphatic rings. The first-order valence-corrected chi connectivity index (χ1v) is 7.71. The maximum absolute atomic E-state index is 12.0. The average Bonchev–Trinajstić information content (AvgIpc) is 2.86. The number of likely N-dealkylation sites (tertiary alicyclic amines) is 1. The molecule has 0 saturated carbocycles. The number of rotatable bonds is 4. The number of nitrogens with zero attached hydrogens (tertiary/aromatic N) is 1. The quantitative estimate of drug-likeness (QED) is 0.749. The summed E-state index contributed by atoms with van der Waals surface area (Å²) in [5.74, 6) is -0.117. The van der Waals surface area contributed by atoms with Crippen molar-refractivity contribution in [3.05, 3.63) is 29.8 Å². The highest BCUT2D eigenvalue weighted by atomic mass is 32.2. The molecule has 1 heterocycles. The highest BCUT2D eigenvalue weighted by Crippen LogP contribution is 2.19. The summed E-state index contributed by atoms with van der Waals surface area (Å²) in [5.41, 5.74) is 0.962. The summed E-state index contributed by atoms with van der Waals surface area (Å²) in [4.78, 5) is 11.9. The molecule has 6 nitrogen and oxygen atoms in total. The molecule has 110 valence electrons. The molecule has 1 fully saturated rings. The van der Waals surface area contributed by atoms with Crippen LogP contribution in [0.15, 0.2) is 29.2 Å². The van der Waals surface area contributed by atoms with Gasteiger partial charge in [0.25, 0.3) is 10.1 Å². The third-order valence-corrected chi connectivity index (χ3v) is 4.61. The molecule has 0 unspecified atom stereocenters. The lowest BCUT2D eigenvalue weighted by molar-refractivity contribution is -0.264. The molecule has 0 aromatic heterocycles. The summed E-state index contributed by atoms with van der Waals surface area (Å²) in [5, 5.41) is 10.7. The van der Waals surface area contributed by atoms with Crippen molar-refractivity contribution < 1.29 is 22.5 Å². The van der Waals surface area contributed by atoms with E-state index in [1.54, 1.807) is 12.1 Å². The van der Waals surface area contributed by atoms with Gasteiger partial charge in [-0.25, -0.2) is 0 Å². The topological polar surface area (TPSA) is 86.7 Å². The van der Waals surface area contributed by atoms with E-state index < -0.39 is 16.2 Å². The molecule has 20 heavy (non-hydrogen) atoms. The maximum atomic E-state index is 12.0. The van der Waals surface area contributed by atoms with E-state index in [0.29, 0.717) is 13.0 Å². The highest BCUT2D eigenvalue weighted by Gasteiger charge is 2.25. The zero-order chi connectivity index (χ0) is 14.8. The lowest BCUT2D eigenvalue weighted by Gasteiger charge is -2.18. The van der Waals surface area contributed by atoms with E-state index in [2.05, 4.69) is 0 Å². The van der Waals surface area contributed by atoms with Gasteiger partial charge in [0.1, 0.15) is 6.09 Å². The molecule has 1 aliphatic heterocycles. The van der Waals surface area contributed by atoms with Crippen LogP contribution in [0.5, 0.6) is 0 Å². The zero-order valence-corrected chi connectivity index (χ0v) is 11.9. The Kier molecular flexibility index (Phi) is 4.29. The monoisotopic (exact) mass is 298 g/mol. The van der Waals surface area contributed by atoms with Gasteiger partial charge in [-0.3, -0.25) is 4.18 Å². The van der Waals surface area contributed by atoms with Crippen LogP contribution in [0.25, 0.3) is 0 Å². The number of carbonyl (C=O) groups excluding carboxylic acids is 1. The van der Waals surface area contributed by atoms with E-state index in [-0.39, 0.29) is 24.0 Å². The molecule has 0 N–H and O–H groups in total.